The molecule has 256 valence electrons. The van der Waals surface area contributed by atoms with E-state index < -0.39 is 42.1 Å². The minimum Gasteiger partial charge on any atom is -0.388 e. The van der Waals surface area contributed by atoms with Gasteiger partial charge < -0.3 is 44.1 Å². The van der Waals surface area contributed by atoms with Crippen molar-refractivity contribution in [2.45, 2.75) is 160 Å². The van der Waals surface area contributed by atoms with Gasteiger partial charge in [-0.15, -0.1) is 0 Å². The second-order valence-electron chi connectivity index (χ2n) is 18.4. The van der Waals surface area contributed by atoms with Crippen LogP contribution in [-0.2, 0) is 23.7 Å². The summed E-state index contributed by atoms with van der Waals surface area (Å²) in [4.78, 5) is 0. The molecule has 9 heteroatoms. The van der Waals surface area contributed by atoms with Crippen molar-refractivity contribution in [3.05, 3.63) is 0 Å². The largest absolute Gasteiger partial charge is 0.388 e. The predicted molar refractivity (Wildman–Crippen MR) is 164 cm³/mol. The fourth-order valence-corrected chi connectivity index (χ4v) is 14.1. The third-order valence-corrected chi connectivity index (χ3v) is 16.4. The molecule has 8 rings (SSSR count). The fraction of sp³-hybridized carbons (Fsp3) is 1.00. The number of aliphatic hydroxyl groups excluding tert-OH is 4. The van der Waals surface area contributed by atoms with E-state index in [1.54, 1.807) is 7.11 Å². The van der Waals surface area contributed by atoms with Gasteiger partial charge >= 0.3 is 0 Å². The highest BCUT2D eigenvalue weighted by Gasteiger charge is 2.88. The molecular formula is C36H58O9. The van der Waals surface area contributed by atoms with E-state index in [-0.39, 0.29) is 57.9 Å². The SMILES string of the molecule is COC(C)(C)[C@H]1O[C@@]23O[C@@H]1C[C@@H](C)C2[C@@]1(C)CCC24C[C@@]25CC[C@@H](O[C@@H]2OC[C@@H](O)[C@H](O)[C@H]2O)C(C)(C)[C@@H]5CC[C@H]4[C@]1(C)[C@@H]3O. The Bertz CT molecular complexity index is 1220. The van der Waals surface area contributed by atoms with E-state index >= 15 is 0 Å². The van der Waals surface area contributed by atoms with Crippen molar-refractivity contribution in [3.63, 3.8) is 0 Å². The molecule has 0 aromatic rings. The molecular weight excluding hydrogens is 576 g/mol. The maximum atomic E-state index is 12.8. The maximum Gasteiger partial charge on any atom is 0.199 e. The average Bonchev–Trinajstić information content (AvgIpc) is 3.50. The van der Waals surface area contributed by atoms with Crippen molar-refractivity contribution in [2.75, 3.05) is 13.7 Å². The Kier molecular flexibility index (Phi) is 6.69. The van der Waals surface area contributed by atoms with E-state index in [0.717, 1.165) is 38.5 Å². The van der Waals surface area contributed by atoms with Crippen LogP contribution < -0.4 is 0 Å². The first-order chi connectivity index (χ1) is 21.0. The molecule has 5 aliphatic carbocycles. The minimum atomic E-state index is -1.28. The van der Waals surface area contributed by atoms with Crippen LogP contribution in [0.2, 0.25) is 0 Å². The molecule has 2 bridgehead atoms. The Morgan fingerprint density at radius 2 is 1.53 bits per heavy atom. The van der Waals surface area contributed by atoms with Gasteiger partial charge in [-0.2, -0.15) is 0 Å². The Hall–Kier alpha value is -0.360. The van der Waals surface area contributed by atoms with Gasteiger partial charge in [0.05, 0.1) is 24.4 Å². The zero-order valence-electron chi connectivity index (χ0n) is 28.6. The third-order valence-electron chi connectivity index (χ3n) is 16.4. The summed E-state index contributed by atoms with van der Waals surface area (Å²) >= 11 is 0. The first kappa shape index (κ1) is 31.9. The topological polar surface area (TPSA) is 127 Å². The average molecular weight is 635 g/mol. The lowest BCUT2D eigenvalue weighted by Crippen LogP contribution is -2.61. The van der Waals surface area contributed by atoms with Crippen molar-refractivity contribution in [1.29, 1.82) is 0 Å². The van der Waals surface area contributed by atoms with Crippen LogP contribution in [0.5, 0.6) is 0 Å². The van der Waals surface area contributed by atoms with Crippen LogP contribution in [0.4, 0.5) is 0 Å². The molecule has 2 unspecified atom stereocenters. The lowest BCUT2D eigenvalue weighted by atomic mass is 9.41. The molecule has 0 amide bonds. The standard InChI is InChI=1S/C36H58O9/c1-18-15-20-27(31(4,5)41-8)45-36(44-20)26(18)32(6)13-14-35-17-34(35)12-11-23(43-28-25(39)24(38)19(37)16-42-28)30(2,3)21(34)9-10-22(35)33(32,7)29(36)40/h18-29,37-40H,9-17H2,1-8H3/t18-,19-,20-,21+,22+,23-,24+,25-,26?,27+,28+,29+,32-,33-,34-,35?,36+/m1/s1. The Balaban J connectivity index is 1.10. The molecule has 3 saturated heterocycles. The molecule has 4 N–H and O–H groups in total. The Morgan fingerprint density at radius 3 is 2.24 bits per heavy atom. The summed E-state index contributed by atoms with van der Waals surface area (Å²) in [5, 5.41) is 43.6. The van der Waals surface area contributed by atoms with Gasteiger partial charge in [0.2, 0.25) is 0 Å². The number of fused-ring (bicyclic) bond motifs is 4. The molecule has 17 atom stereocenters. The van der Waals surface area contributed by atoms with Crippen molar-refractivity contribution in [3.8, 4) is 0 Å². The summed E-state index contributed by atoms with van der Waals surface area (Å²) in [6.45, 7) is 16.0. The van der Waals surface area contributed by atoms with Gasteiger partial charge in [-0.05, 0) is 105 Å². The zero-order valence-corrected chi connectivity index (χ0v) is 28.6. The van der Waals surface area contributed by atoms with Crippen molar-refractivity contribution in [2.24, 2.45) is 50.7 Å². The highest BCUT2D eigenvalue weighted by Crippen LogP contribution is 2.90. The molecule has 5 saturated carbocycles. The van der Waals surface area contributed by atoms with Crippen molar-refractivity contribution >= 4 is 0 Å². The molecule has 8 aliphatic rings. The quantitative estimate of drug-likeness (QED) is 0.342. The van der Waals surface area contributed by atoms with E-state index in [9.17, 15) is 20.4 Å². The summed E-state index contributed by atoms with van der Waals surface area (Å²) in [5.74, 6) is 0.346. The summed E-state index contributed by atoms with van der Waals surface area (Å²) in [7, 11) is 1.74. The van der Waals surface area contributed by atoms with E-state index in [0.29, 0.717) is 17.8 Å². The highest BCUT2D eigenvalue weighted by molar-refractivity contribution is 5.34. The number of hydrogen-bond acceptors (Lipinski definition) is 9. The van der Waals surface area contributed by atoms with E-state index in [1.165, 1.54) is 12.8 Å². The first-order valence-corrected chi connectivity index (χ1v) is 17.9. The molecule has 3 heterocycles. The van der Waals surface area contributed by atoms with Crippen LogP contribution in [0.15, 0.2) is 0 Å². The smallest absolute Gasteiger partial charge is 0.199 e. The minimum absolute atomic E-state index is 0.0487. The zero-order chi connectivity index (χ0) is 32.3. The Labute approximate surface area is 268 Å². The second-order valence-corrected chi connectivity index (χ2v) is 18.4. The van der Waals surface area contributed by atoms with Crippen LogP contribution in [0.25, 0.3) is 0 Å². The van der Waals surface area contributed by atoms with Crippen LogP contribution in [0.1, 0.15) is 99.8 Å². The van der Waals surface area contributed by atoms with Crippen molar-refractivity contribution in [1.82, 2.24) is 0 Å². The van der Waals surface area contributed by atoms with Crippen LogP contribution in [-0.4, -0.2) is 94.5 Å². The van der Waals surface area contributed by atoms with Crippen molar-refractivity contribution < 1.29 is 44.1 Å². The lowest BCUT2D eigenvalue weighted by Gasteiger charge is -2.63. The number of methoxy groups -OCH3 is 1. The van der Waals surface area contributed by atoms with Crippen LogP contribution >= 0.6 is 0 Å². The molecule has 8 fully saturated rings. The summed E-state index contributed by atoms with van der Waals surface area (Å²) in [6.07, 6.45) is 2.70. The predicted octanol–water partition coefficient (Wildman–Crippen LogP) is 3.78. The maximum absolute atomic E-state index is 12.8. The van der Waals surface area contributed by atoms with Gasteiger partial charge in [-0.25, -0.2) is 0 Å². The summed E-state index contributed by atoms with van der Waals surface area (Å²) in [5.41, 5.74) is -0.717. The monoisotopic (exact) mass is 634 g/mol. The Morgan fingerprint density at radius 1 is 0.844 bits per heavy atom. The van der Waals surface area contributed by atoms with Crippen LogP contribution in [0, 0.1) is 50.7 Å². The third kappa shape index (κ3) is 3.57. The number of ether oxygens (including phenoxy) is 5. The van der Waals surface area contributed by atoms with Gasteiger partial charge in [0.25, 0.3) is 0 Å². The van der Waals surface area contributed by atoms with E-state index in [4.69, 9.17) is 23.7 Å². The van der Waals surface area contributed by atoms with Gasteiger partial charge in [0, 0.05) is 18.4 Å². The molecule has 0 radical (unpaired) electrons. The fourth-order valence-electron chi connectivity index (χ4n) is 14.1. The molecule has 3 spiro atoms. The van der Waals surface area contributed by atoms with Gasteiger partial charge in [-0.3, -0.25) is 0 Å². The van der Waals surface area contributed by atoms with E-state index in [2.05, 4.69) is 48.5 Å². The molecule has 0 aromatic carbocycles. The molecule has 0 aromatic heterocycles. The molecule has 9 nitrogen and oxygen atoms in total. The van der Waals surface area contributed by atoms with Gasteiger partial charge in [0.1, 0.15) is 30.5 Å². The van der Waals surface area contributed by atoms with E-state index in [1.807, 2.05) is 0 Å². The number of hydrogen-bond donors (Lipinski definition) is 4. The summed E-state index contributed by atoms with van der Waals surface area (Å²) < 4.78 is 32.1. The van der Waals surface area contributed by atoms with Crippen LogP contribution in [0.3, 0.4) is 0 Å². The molecule has 45 heavy (non-hydrogen) atoms. The molecule has 3 aliphatic heterocycles. The highest BCUT2D eigenvalue weighted by atomic mass is 16.8. The summed E-state index contributed by atoms with van der Waals surface area (Å²) in [6, 6.07) is 0. The normalized spacial score (nSPS) is 61.1. The van der Waals surface area contributed by atoms with Gasteiger partial charge in [-0.1, -0.05) is 34.6 Å². The number of aliphatic hydroxyl groups is 4. The second kappa shape index (κ2) is 9.45. The first-order valence-electron chi connectivity index (χ1n) is 17.9. The van der Waals surface area contributed by atoms with Gasteiger partial charge in [0.15, 0.2) is 12.1 Å². The lowest BCUT2D eigenvalue weighted by molar-refractivity contribution is -0.303. The number of rotatable bonds is 4.